The molecule has 1 aromatic rings. The first-order valence-electron chi connectivity index (χ1n) is 9.48. The third kappa shape index (κ3) is 5.52. The fourth-order valence-electron chi connectivity index (χ4n) is 3.69. The number of rotatable bonds is 6. The average molecular weight is 350 g/mol. The van der Waals surface area contributed by atoms with Gasteiger partial charge in [-0.15, -0.1) is 0 Å². The molecule has 1 saturated carbocycles. The minimum atomic E-state index is -0.288. The van der Waals surface area contributed by atoms with Crippen molar-refractivity contribution >= 4 is 5.91 Å². The molecule has 0 spiro atoms. The van der Waals surface area contributed by atoms with Gasteiger partial charge in [0.1, 0.15) is 6.26 Å². The molecule has 0 unspecified atom stereocenters. The number of β-amino-alcohol motifs (C(OH)–C–C–N with tert-alkyl or cyclic N) is 1. The van der Waals surface area contributed by atoms with Gasteiger partial charge in [0.2, 0.25) is 5.89 Å². The normalized spacial score (nSPS) is 22.0. The predicted molar refractivity (Wildman–Crippen MR) is 94.2 cm³/mol. The van der Waals surface area contributed by atoms with Crippen LogP contribution in [0.5, 0.6) is 0 Å². The van der Waals surface area contributed by atoms with Gasteiger partial charge in [0.05, 0.1) is 12.6 Å². The summed E-state index contributed by atoms with van der Waals surface area (Å²) in [6.07, 6.45) is 6.96. The molecule has 1 aliphatic carbocycles. The molecule has 25 heavy (non-hydrogen) atoms. The number of carbonyl (C=O) groups is 1. The van der Waals surface area contributed by atoms with E-state index in [9.17, 15) is 9.90 Å². The maximum Gasteiger partial charge on any atom is 0.273 e. The van der Waals surface area contributed by atoms with Crippen molar-refractivity contribution < 1.29 is 14.3 Å². The summed E-state index contributed by atoms with van der Waals surface area (Å²) >= 11 is 0. The van der Waals surface area contributed by atoms with Crippen molar-refractivity contribution in [1.82, 2.24) is 20.1 Å². The monoisotopic (exact) mass is 350 g/mol. The van der Waals surface area contributed by atoms with Crippen LogP contribution in [0.15, 0.2) is 10.7 Å². The standard InChI is InChI=1S/C18H30N4O3/c1-14(23)11-21-7-9-22(10-8-21)12-17-20-16(13-25-17)18(24)19-15-5-3-2-4-6-15/h13-15,23H,2-12H2,1H3,(H,19,24)/t14-/m0/s1. The van der Waals surface area contributed by atoms with Crippen LogP contribution in [0.2, 0.25) is 0 Å². The molecule has 0 aromatic carbocycles. The number of hydrogen-bond donors (Lipinski definition) is 2. The SMILES string of the molecule is C[C@H](O)CN1CCN(Cc2nc(C(=O)NC3CCCCC3)co2)CC1. The van der Waals surface area contributed by atoms with E-state index in [4.69, 9.17) is 4.42 Å². The third-order valence-corrected chi connectivity index (χ3v) is 5.07. The maximum atomic E-state index is 12.3. The second kappa shape index (κ2) is 8.78. The molecule has 1 saturated heterocycles. The van der Waals surface area contributed by atoms with Crippen LogP contribution in [-0.2, 0) is 6.54 Å². The lowest BCUT2D eigenvalue weighted by Crippen LogP contribution is -2.47. The molecule has 7 heteroatoms. The highest BCUT2D eigenvalue weighted by Crippen LogP contribution is 2.18. The molecular formula is C18H30N4O3. The predicted octanol–water partition coefficient (Wildman–Crippen LogP) is 1.24. The summed E-state index contributed by atoms with van der Waals surface area (Å²) in [4.78, 5) is 21.2. The highest BCUT2D eigenvalue weighted by molar-refractivity contribution is 5.92. The molecule has 1 aliphatic heterocycles. The average Bonchev–Trinajstić information content (AvgIpc) is 3.06. The van der Waals surface area contributed by atoms with E-state index in [1.54, 1.807) is 0 Å². The van der Waals surface area contributed by atoms with Crippen molar-refractivity contribution in [1.29, 1.82) is 0 Å². The molecule has 3 rings (SSSR count). The van der Waals surface area contributed by atoms with Gasteiger partial charge in [-0.2, -0.15) is 0 Å². The number of aliphatic hydroxyl groups is 1. The van der Waals surface area contributed by atoms with Gasteiger partial charge in [0.15, 0.2) is 5.69 Å². The minimum absolute atomic E-state index is 0.122. The number of nitrogens with zero attached hydrogens (tertiary/aromatic N) is 3. The van der Waals surface area contributed by atoms with Crippen LogP contribution in [0.25, 0.3) is 0 Å². The third-order valence-electron chi connectivity index (χ3n) is 5.07. The molecule has 140 valence electrons. The van der Waals surface area contributed by atoms with E-state index < -0.39 is 0 Å². The van der Waals surface area contributed by atoms with Crippen molar-refractivity contribution in [3.8, 4) is 0 Å². The fraction of sp³-hybridized carbons (Fsp3) is 0.778. The lowest BCUT2D eigenvalue weighted by Gasteiger charge is -2.34. The fourth-order valence-corrected chi connectivity index (χ4v) is 3.69. The number of carbonyl (C=O) groups excluding carboxylic acids is 1. The first-order valence-corrected chi connectivity index (χ1v) is 9.48. The van der Waals surface area contributed by atoms with Crippen molar-refractivity contribution in [2.45, 2.75) is 57.7 Å². The number of piperazine rings is 1. The van der Waals surface area contributed by atoms with Crippen LogP contribution in [0, 0.1) is 0 Å². The zero-order valence-electron chi connectivity index (χ0n) is 15.1. The number of hydrogen-bond acceptors (Lipinski definition) is 6. The second-order valence-electron chi connectivity index (χ2n) is 7.36. The van der Waals surface area contributed by atoms with Crippen LogP contribution < -0.4 is 5.32 Å². The van der Waals surface area contributed by atoms with Gasteiger partial charge in [-0.1, -0.05) is 19.3 Å². The molecule has 1 amide bonds. The van der Waals surface area contributed by atoms with E-state index in [1.165, 1.54) is 25.5 Å². The minimum Gasteiger partial charge on any atom is -0.447 e. The Bertz CT molecular complexity index is 546. The highest BCUT2D eigenvalue weighted by Gasteiger charge is 2.22. The van der Waals surface area contributed by atoms with Crippen LogP contribution in [0.4, 0.5) is 0 Å². The second-order valence-corrected chi connectivity index (χ2v) is 7.36. The first kappa shape index (κ1) is 18.4. The van der Waals surface area contributed by atoms with Gasteiger partial charge in [0.25, 0.3) is 5.91 Å². The summed E-state index contributed by atoms with van der Waals surface area (Å²) in [5.41, 5.74) is 0.383. The van der Waals surface area contributed by atoms with Gasteiger partial charge >= 0.3 is 0 Å². The summed E-state index contributed by atoms with van der Waals surface area (Å²) in [6.45, 7) is 6.86. The van der Waals surface area contributed by atoms with E-state index in [1.807, 2.05) is 6.92 Å². The summed E-state index contributed by atoms with van der Waals surface area (Å²) in [7, 11) is 0. The smallest absolute Gasteiger partial charge is 0.273 e. The van der Waals surface area contributed by atoms with Crippen LogP contribution in [0.3, 0.4) is 0 Å². The van der Waals surface area contributed by atoms with Crippen molar-refractivity contribution in [2.75, 3.05) is 32.7 Å². The van der Waals surface area contributed by atoms with Crippen LogP contribution in [0.1, 0.15) is 55.4 Å². The van der Waals surface area contributed by atoms with E-state index in [0.717, 1.165) is 45.6 Å². The molecule has 1 atom stereocenters. The van der Waals surface area contributed by atoms with Gasteiger partial charge in [-0.3, -0.25) is 14.6 Å². The molecule has 2 N–H and O–H groups in total. The summed E-state index contributed by atoms with van der Waals surface area (Å²) in [5.74, 6) is 0.474. The number of oxazole rings is 1. The Morgan fingerprint density at radius 3 is 2.64 bits per heavy atom. The van der Waals surface area contributed by atoms with Crippen LogP contribution >= 0.6 is 0 Å². The zero-order chi connectivity index (χ0) is 17.6. The Balaban J connectivity index is 1.44. The van der Waals surface area contributed by atoms with E-state index in [0.29, 0.717) is 18.1 Å². The Morgan fingerprint density at radius 1 is 1.28 bits per heavy atom. The maximum absolute atomic E-state index is 12.3. The lowest BCUT2D eigenvalue weighted by atomic mass is 9.95. The number of nitrogens with one attached hydrogen (secondary N) is 1. The molecule has 0 bridgehead atoms. The number of aliphatic hydroxyl groups excluding tert-OH is 1. The number of aromatic nitrogens is 1. The quantitative estimate of drug-likeness (QED) is 0.803. The number of amides is 1. The van der Waals surface area contributed by atoms with Crippen molar-refractivity contribution in [3.63, 3.8) is 0 Å². The Labute approximate surface area is 149 Å². The largest absolute Gasteiger partial charge is 0.447 e. The zero-order valence-corrected chi connectivity index (χ0v) is 15.1. The first-order chi connectivity index (χ1) is 12.1. The Kier molecular flexibility index (Phi) is 6.45. The Hall–Kier alpha value is -1.44. The molecule has 2 fully saturated rings. The van der Waals surface area contributed by atoms with E-state index in [2.05, 4.69) is 20.1 Å². The van der Waals surface area contributed by atoms with Gasteiger partial charge in [0, 0.05) is 38.8 Å². The van der Waals surface area contributed by atoms with Gasteiger partial charge in [-0.05, 0) is 19.8 Å². The molecule has 2 heterocycles. The van der Waals surface area contributed by atoms with Crippen molar-refractivity contribution in [3.05, 3.63) is 17.8 Å². The topological polar surface area (TPSA) is 81.8 Å². The highest BCUT2D eigenvalue weighted by atomic mass is 16.3. The van der Waals surface area contributed by atoms with Gasteiger partial charge < -0.3 is 14.8 Å². The van der Waals surface area contributed by atoms with E-state index in [-0.39, 0.29) is 18.1 Å². The summed E-state index contributed by atoms with van der Waals surface area (Å²) in [6, 6.07) is 0.281. The van der Waals surface area contributed by atoms with E-state index >= 15 is 0 Å². The molecular weight excluding hydrogens is 320 g/mol. The lowest BCUT2D eigenvalue weighted by molar-refractivity contribution is 0.0747. The molecule has 2 aliphatic rings. The summed E-state index contributed by atoms with van der Waals surface area (Å²) in [5, 5.41) is 12.5. The Morgan fingerprint density at radius 2 is 1.96 bits per heavy atom. The molecule has 1 aromatic heterocycles. The molecule has 0 radical (unpaired) electrons. The molecule has 7 nitrogen and oxygen atoms in total. The van der Waals surface area contributed by atoms with Crippen LogP contribution in [-0.4, -0.2) is 70.7 Å². The van der Waals surface area contributed by atoms with Crippen molar-refractivity contribution in [2.24, 2.45) is 0 Å². The summed E-state index contributed by atoms with van der Waals surface area (Å²) < 4.78 is 5.50. The van der Waals surface area contributed by atoms with Gasteiger partial charge in [-0.25, -0.2) is 4.98 Å².